The first-order valence-electron chi connectivity index (χ1n) is 6.91. The molecule has 1 aliphatic rings. The summed E-state index contributed by atoms with van der Waals surface area (Å²) in [6, 6.07) is 8.27. The number of nitrogens with two attached hydrogens (primary N) is 1. The van der Waals surface area contributed by atoms with Crippen LogP contribution < -0.4 is 11.1 Å². The second-order valence-electron chi connectivity index (χ2n) is 5.38. The van der Waals surface area contributed by atoms with Gasteiger partial charge in [0.05, 0.1) is 5.69 Å². The highest BCUT2D eigenvalue weighted by Gasteiger charge is 2.29. The van der Waals surface area contributed by atoms with E-state index in [4.69, 9.17) is 5.73 Å². The molecule has 21 heavy (non-hydrogen) atoms. The second-order valence-corrected chi connectivity index (χ2v) is 5.38. The summed E-state index contributed by atoms with van der Waals surface area (Å²) in [4.78, 5) is 0. The molecule has 0 aliphatic heterocycles. The molecule has 1 atom stereocenters. The molecule has 1 saturated carbocycles. The topological polar surface area (TPSA) is 79.7 Å². The van der Waals surface area contributed by atoms with Crippen molar-refractivity contribution >= 4 is 11.6 Å². The molecule has 1 aromatic heterocycles. The number of aromatic nitrogens is 2. The molecule has 6 heteroatoms. The minimum Gasteiger partial charge on any atom is -0.382 e. The average molecular weight is 285 g/mol. The second kappa shape index (κ2) is 5.09. The molecule has 2 aromatic rings. The van der Waals surface area contributed by atoms with Crippen LogP contribution in [-0.4, -0.2) is 15.8 Å². The van der Waals surface area contributed by atoms with Gasteiger partial charge in [0.1, 0.15) is 23.3 Å². The zero-order valence-electron chi connectivity index (χ0n) is 11.7. The minimum absolute atomic E-state index is 0.216. The number of benzene rings is 1. The van der Waals surface area contributed by atoms with E-state index in [2.05, 4.69) is 23.4 Å². The highest BCUT2D eigenvalue weighted by atomic mass is 19.1. The molecule has 3 N–H and O–H groups in total. The van der Waals surface area contributed by atoms with E-state index in [0.29, 0.717) is 23.0 Å². The maximum Gasteiger partial charge on any atom is 0.168 e. The van der Waals surface area contributed by atoms with Crippen molar-refractivity contribution in [3.63, 3.8) is 0 Å². The van der Waals surface area contributed by atoms with E-state index in [1.54, 1.807) is 12.1 Å². The molecule has 0 radical (unpaired) electrons. The molecule has 3 rings (SSSR count). The van der Waals surface area contributed by atoms with Crippen molar-refractivity contribution in [2.45, 2.75) is 25.8 Å². The Balaban J connectivity index is 1.98. The molecular formula is C15H16FN5. The summed E-state index contributed by atoms with van der Waals surface area (Å²) in [6.07, 6.45) is 2.38. The number of hydrogen-bond donors (Lipinski definition) is 2. The SMILES string of the molecule is CC(Nc1nn(-c2cccc(F)c2)c(N)c1C#N)C1CC1. The van der Waals surface area contributed by atoms with Crippen LogP contribution in [0.15, 0.2) is 24.3 Å². The van der Waals surface area contributed by atoms with Gasteiger partial charge in [-0.1, -0.05) is 6.07 Å². The Morgan fingerprint density at radius 3 is 2.90 bits per heavy atom. The normalized spacial score (nSPS) is 15.5. The van der Waals surface area contributed by atoms with Gasteiger partial charge in [-0.15, -0.1) is 5.10 Å². The van der Waals surface area contributed by atoms with Gasteiger partial charge in [0, 0.05) is 6.04 Å². The van der Waals surface area contributed by atoms with Gasteiger partial charge in [0.15, 0.2) is 5.82 Å². The molecule has 0 bridgehead atoms. The number of anilines is 2. The molecule has 0 spiro atoms. The Labute approximate surface area is 122 Å². The van der Waals surface area contributed by atoms with E-state index in [0.717, 1.165) is 0 Å². The summed E-state index contributed by atoms with van der Waals surface area (Å²) in [5.74, 6) is 0.922. The highest BCUT2D eigenvalue weighted by Crippen LogP contribution is 2.35. The van der Waals surface area contributed by atoms with Crippen LogP contribution in [0.1, 0.15) is 25.3 Å². The fraction of sp³-hybridized carbons (Fsp3) is 0.333. The number of rotatable bonds is 4. The third kappa shape index (κ3) is 2.55. The van der Waals surface area contributed by atoms with Crippen LogP contribution >= 0.6 is 0 Å². The first kappa shape index (κ1) is 13.4. The van der Waals surface area contributed by atoms with Crippen LogP contribution in [0, 0.1) is 23.1 Å². The van der Waals surface area contributed by atoms with Crippen LogP contribution in [0.3, 0.4) is 0 Å². The largest absolute Gasteiger partial charge is 0.382 e. The van der Waals surface area contributed by atoms with E-state index >= 15 is 0 Å². The number of hydrogen-bond acceptors (Lipinski definition) is 4. The van der Waals surface area contributed by atoms with Gasteiger partial charge in [0.2, 0.25) is 0 Å². The van der Waals surface area contributed by atoms with Gasteiger partial charge in [0.25, 0.3) is 0 Å². The Morgan fingerprint density at radius 1 is 1.52 bits per heavy atom. The standard InChI is InChI=1S/C15H16FN5/c1-9(10-5-6-10)19-15-13(8-17)14(18)21(20-15)12-4-2-3-11(16)7-12/h2-4,7,9-10H,5-6,18H2,1H3,(H,19,20). The molecule has 1 aromatic carbocycles. The minimum atomic E-state index is -0.373. The number of nitrogen functional groups attached to an aromatic ring is 1. The number of nitriles is 1. The zero-order valence-corrected chi connectivity index (χ0v) is 11.7. The van der Waals surface area contributed by atoms with Crippen LogP contribution in [0.2, 0.25) is 0 Å². The molecule has 1 fully saturated rings. The number of nitrogens with one attached hydrogen (secondary N) is 1. The maximum atomic E-state index is 13.3. The predicted molar refractivity (Wildman–Crippen MR) is 78.5 cm³/mol. The predicted octanol–water partition coefficient (Wildman–Crippen LogP) is 2.68. The molecule has 0 saturated heterocycles. The fourth-order valence-corrected chi connectivity index (χ4v) is 2.38. The lowest BCUT2D eigenvalue weighted by molar-refractivity contribution is 0.625. The summed E-state index contributed by atoms with van der Waals surface area (Å²) in [7, 11) is 0. The zero-order chi connectivity index (χ0) is 15.0. The van der Waals surface area contributed by atoms with Crippen molar-refractivity contribution in [1.29, 1.82) is 5.26 Å². The maximum absolute atomic E-state index is 13.3. The van der Waals surface area contributed by atoms with Crippen LogP contribution in [0.25, 0.3) is 5.69 Å². The summed E-state index contributed by atoms with van der Waals surface area (Å²) >= 11 is 0. The summed E-state index contributed by atoms with van der Waals surface area (Å²) in [5, 5.41) is 16.9. The molecule has 108 valence electrons. The quantitative estimate of drug-likeness (QED) is 0.905. The van der Waals surface area contributed by atoms with Crippen molar-refractivity contribution < 1.29 is 4.39 Å². The lowest BCUT2D eigenvalue weighted by Crippen LogP contribution is -2.18. The van der Waals surface area contributed by atoms with Gasteiger partial charge in [-0.25, -0.2) is 9.07 Å². The molecule has 1 aliphatic carbocycles. The van der Waals surface area contributed by atoms with Gasteiger partial charge in [-0.05, 0) is 43.9 Å². The van der Waals surface area contributed by atoms with Crippen molar-refractivity contribution in [2.75, 3.05) is 11.1 Å². The summed E-state index contributed by atoms with van der Waals surface area (Å²) in [6.45, 7) is 2.07. The average Bonchev–Trinajstić information content (AvgIpc) is 3.25. The van der Waals surface area contributed by atoms with E-state index in [1.165, 1.54) is 29.7 Å². The fourth-order valence-electron chi connectivity index (χ4n) is 2.38. The van der Waals surface area contributed by atoms with Gasteiger partial charge in [-0.2, -0.15) is 5.26 Å². The lowest BCUT2D eigenvalue weighted by atomic mass is 10.2. The smallest absolute Gasteiger partial charge is 0.168 e. The Kier molecular flexibility index (Phi) is 3.26. The Bertz CT molecular complexity index is 711. The molecule has 1 heterocycles. The van der Waals surface area contributed by atoms with Crippen LogP contribution in [0.4, 0.5) is 16.0 Å². The van der Waals surface area contributed by atoms with Crippen molar-refractivity contribution in [3.8, 4) is 11.8 Å². The Hall–Kier alpha value is -2.55. The van der Waals surface area contributed by atoms with Crippen LogP contribution in [-0.2, 0) is 0 Å². The summed E-state index contributed by atoms with van der Waals surface area (Å²) < 4.78 is 14.7. The van der Waals surface area contributed by atoms with E-state index in [-0.39, 0.29) is 17.7 Å². The summed E-state index contributed by atoms with van der Waals surface area (Å²) in [5.41, 5.74) is 6.77. The Morgan fingerprint density at radius 2 is 2.29 bits per heavy atom. The number of nitrogens with zero attached hydrogens (tertiary/aromatic N) is 3. The van der Waals surface area contributed by atoms with Gasteiger partial charge < -0.3 is 11.1 Å². The van der Waals surface area contributed by atoms with Gasteiger partial charge >= 0.3 is 0 Å². The lowest BCUT2D eigenvalue weighted by Gasteiger charge is -2.11. The first-order chi connectivity index (χ1) is 10.1. The number of halogens is 1. The van der Waals surface area contributed by atoms with E-state index < -0.39 is 0 Å². The third-order valence-electron chi connectivity index (χ3n) is 3.78. The van der Waals surface area contributed by atoms with Gasteiger partial charge in [-0.3, -0.25) is 0 Å². The van der Waals surface area contributed by atoms with Crippen LogP contribution in [0.5, 0.6) is 0 Å². The van der Waals surface area contributed by atoms with Crippen molar-refractivity contribution in [2.24, 2.45) is 5.92 Å². The molecular weight excluding hydrogens is 269 g/mol. The highest BCUT2D eigenvalue weighted by molar-refractivity contribution is 5.66. The third-order valence-corrected chi connectivity index (χ3v) is 3.78. The molecule has 1 unspecified atom stereocenters. The van der Waals surface area contributed by atoms with E-state index in [1.807, 2.05) is 0 Å². The molecule has 0 amide bonds. The molecule has 5 nitrogen and oxygen atoms in total. The monoisotopic (exact) mass is 285 g/mol. The van der Waals surface area contributed by atoms with Crippen molar-refractivity contribution in [1.82, 2.24) is 9.78 Å². The van der Waals surface area contributed by atoms with Crippen molar-refractivity contribution in [3.05, 3.63) is 35.6 Å². The first-order valence-corrected chi connectivity index (χ1v) is 6.91. The van der Waals surface area contributed by atoms with E-state index in [9.17, 15) is 9.65 Å².